The van der Waals surface area contributed by atoms with Crippen LogP contribution < -0.4 is 21.8 Å². The second-order valence-electron chi connectivity index (χ2n) is 7.88. The molecule has 15 heteroatoms. The fourth-order valence-corrected chi connectivity index (χ4v) is 3.83. The quantitative estimate of drug-likeness (QED) is 0.291. The third-order valence-corrected chi connectivity index (χ3v) is 5.60. The van der Waals surface area contributed by atoms with Crippen LogP contribution in [0.15, 0.2) is 11.0 Å². The number of nitrogens with zero attached hydrogens (tertiary/aromatic N) is 2. The standard InChI is InChI=1S/C18H20F2N4O4.H2O4S/c1-7-2-23(4-10(7)21)16-12(19)14(22)11-15(13(16)20)24(8-5-28-6-8)3-9(17(11)25)18(26)27;1-5(2,3)4/h3,7-8,10H,2,4-6,21-22H2,1H3,(H,26,27);(H2,1,2,3,4)/t7-,10-;/m0./s1. The fourth-order valence-electron chi connectivity index (χ4n) is 3.83. The minimum Gasteiger partial charge on any atom is -0.477 e. The van der Waals surface area contributed by atoms with Gasteiger partial charge in [-0.3, -0.25) is 13.9 Å². The van der Waals surface area contributed by atoms with E-state index < -0.39 is 50.1 Å². The molecule has 0 spiro atoms. The SMILES string of the molecule is C[C@H]1CN(c2c(F)c(N)c3c(=O)c(C(=O)O)cn(C4COC4)c3c2F)C[C@@H]1N.O=S(=O)(O)O. The summed E-state index contributed by atoms with van der Waals surface area (Å²) in [5.41, 5.74) is 9.12. The van der Waals surface area contributed by atoms with Gasteiger partial charge in [-0.15, -0.1) is 0 Å². The summed E-state index contributed by atoms with van der Waals surface area (Å²) in [5.74, 6) is -3.51. The van der Waals surface area contributed by atoms with Gasteiger partial charge in [-0.1, -0.05) is 6.92 Å². The van der Waals surface area contributed by atoms with Crippen molar-refractivity contribution in [1.82, 2.24) is 4.57 Å². The molecule has 0 saturated carbocycles. The Balaban J connectivity index is 0.000000555. The number of carboxylic acid groups (broad SMARTS) is 1. The zero-order chi connectivity index (χ0) is 24.8. The third-order valence-electron chi connectivity index (χ3n) is 5.60. The van der Waals surface area contributed by atoms with Gasteiger partial charge in [0.2, 0.25) is 5.43 Å². The molecule has 1 aromatic carbocycles. The summed E-state index contributed by atoms with van der Waals surface area (Å²) in [7, 11) is -4.67. The third kappa shape index (κ3) is 4.77. The monoisotopic (exact) mass is 492 g/mol. The van der Waals surface area contributed by atoms with Crippen LogP contribution >= 0.6 is 0 Å². The summed E-state index contributed by atoms with van der Waals surface area (Å²) in [5, 5.41) is 8.87. The molecule has 0 unspecified atom stereocenters. The second kappa shape index (κ2) is 8.83. The molecule has 7 N–H and O–H groups in total. The molecular weight excluding hydrogens is 470 g/mol. The van der Waals surface area contributed by atoms with Crippen LogP contribution in [0.3, 0.4) is 0 Å². The predicted octanol–water partition coefficient (Wildman–Crippen LogP) is 0.262. The second-order valence-corrected chi connectivity index (χ2v) is 8.78. The van der Waals surface area contributed by atoms with E-state index in [4.69, 9.17) is 33.7 Å². The molecule has 0 radical (unpaired) electrons. The van der Waals surface area contributed by atoms with Crippen molar-refractivity contribution in [2.45, 2.75) is 19.0 Å². The number of aromatic carboxylic acids is 1. The van der Waals surface area contributed by atoms with Gasteiger partial charge < -0.3 is 30.8 Å². The number of benzene rings is 1. The number of halogens is 2. The van der Waals surface area contributed by atoms with Crippen LogP contribution in [0.1, 0.15) is 23.3 Å². The van der Waals surface area contributed by atoms with E-state index in [2.05, 4.69) is 0 Å². The Morgan fingerprint density at radius 1 is 1.21 bits per heavy atom. The maximum Gasteiger partial charge on any atom is 0.394 e. The van der Waals surface area contributed by atoms with Crippen molar-refractivity contribution in [3.8, 4) is 0 Å². The van der Waals surface area contributed by atoms with Crippen molar-refractivity contribution in [1.29, 1.82) is 0 Å². The van der Waals surface area contributed by atoms with Crippen molar-refractivity contribution < 1.29 is 40.9 Å². The van der Waals surface area contributed by atoms with Crippen LogP contribution in [0.2, 0.25) is 0 Å². The van der Waals surface area contributed by atoms with Crippen molar-refractivity contribution >= 4 is 38.6 Å². The van der Waals surface area contributed by atoms with Crippen molar-refractivity contribution in [3.05, 3.63) is 33.6 Å². The number of aromatic nitrogens is 1. The molecule has 2 atom stereocenters. The number of rotatable bonds is 3. The summed E-state index contributed by atoms with van der Waals surface area (Å²) in [6.07, 6.45) is 1.07. The van der Waals surface area contributed by atoms with Gasteiger partial charge in [0.15, 0.2) is 11.6 Å². The lowest BCUT2D eigenvalue weighted by atomic mass is 10.0. The molecule has 0 bridgehead atoms. The van der Waals surface area contributed by atoms with Crippen LogP contribution in [0.25, 0.3) is 10.9 Å². The highest BCUT2D eigenvalue weighted by atomic mass is 32.3. The first kappa shape index (κ1) is 24.8. The molecule has 0 amide bonds. The van der Waals surface area contributed by atoms with Crippen LogP contribution in [0, 0.1) is 17.6 Å². The van der Waals surface area contributed by atoms with Crippen molar-refractivity contribution in [2.75, 3.05) is 36.9 Å². The van der Waals surface area contributed by atoms with Crippen molar-refractivity contribution in [3.63, 3.8) is 0 Å². The lowest BCUT2D eigenvalue weighted by Crippen LogP contribution is -2.34. The summed E-state index contributed by atoms with van der Waals surface area (Å²) < 4.78 is 68.7. The fraction of sp³-hybridized carbons (Fsp3) is 0.444. The van der Waals surface area contributed by atoms with Crippen LogP contribution in [-0.2, 0) is 15.1 Å². The van der Waals surface area contributed by atoms with Gasteiger partial charge in [0.05, 0.1) is 35.8 Å². The summed E-state index contributed by atoms with van der Waals surface area (Å²) in [4.78, 5) is 25.6. The first-order valence-electron chi connectivity index (χ1n) is 9.59. The van der Waals surface area contributed by atoms with Crippen LogP contribution in [0.4, 0.5) is 20.2 Å². The molecule has 3 heterocycles. The van der Waals surface area contributed by atoms with E-state index in [1.807, 2.05) is 6.92 Å². The van der Waals surface area contributed by atoms with Gasteiger partial charge in [0.1, 0.15) is 11.3 Å². The summed E-state index contributed by atoms with van der Waals surface area (Å²) in [6.45, 7) is 2.89. The van der Waals surface area contributed by atoms with E-state index in [-0.39, 0.29) is 49.0 Å². The molecule has 2 fully saturated rings. The number of carbonyl (C=O) groups is 1. The normalized spacial score (nSPS) is 21.0. The van der Waals surface area contributed by atoms with Gasteiger partial charge in [0.25, 0.3) is 0 Å². The molecule has 2 saturated heterocycles. The number of nitrogens with two attached hydrogens (primary N) is 2. The lowest BCUT2D eigenvalue weighted by molar-refractivity contribution is -0.0219. The molecule has 2 aliphatic rings. The molecular formula is C18H22F2N4O8S. The van der Waals surface area contributed by atoms with Crippen LogP contribution in [0.5, 0.6) is 0 Å². The Kier molecular flexibility index (Phi) is 6.63. The largest absolute Gasteiger partial charge is 0.477 e. The van der Waals surface area contributed by atoms with E-state index in [1.165, 1.54) is 9.47 Å². The minimum absolute atomic E-state index is 0.0207. The molecule has 12 nitrogen and oxygen atoms in total. The Morgan fingerprint density at radius 2 is 1.79 bits per heavy atom. The zero-order valence-corrected chi connectivity index (χ0v) is 18.1. The molecule has 33 heavy (non-hydrogen) atoms. The minimum atomic E-state index is -4.67. The predicted molar refractivity (Wildman–Crippen MR) is 113 cm³/mol. The average molecular weight is 492 g/mol. The number of ether oxygens (including phenoxy) is 1. The van der Waals surface area contributed by atoms with E-state index in [1.54, 1.807) is 0 Å². The van der Waals surface area contributed by atoms with E-state index in [9.17, 15) is 14.7 Å². The van der Waals surface area contributed by atoms with E-state index >= 15 is 8.78 Å². The molecule has 2 aromatic rings. The highest BCUT2D eigenvalue weighted by Gasteiger charge is 2.35. The van der Waals surface area contributed by atoms with E-state index in [0.29, 0.717) is 6.54 Å². The van der Waals surface area contributed by atoms with E-state index in [0.717, 1.165) is 6.20 Å². The Bertz CT molecular complexity index is 1260. The smallest absolute Gasteiger partial charge is 0.394 e. The molecule has 182 valence electrons. The Hall–Kier alpha value is -2.85. The lowest BCUT2D eigenvalue weighted by Gasteiger charge is -2.31. The first-order chi connectivity index (χ1) is 15.2. The highest BCUT2D eigenvalue weighted by Crippen LogP contribution is 2.38. The van der Waals surface area contributed by atoms with Crippen molar-refractivity contribution in [2.24, 2.45) is 11.7 Å². The first-order valence-corrected chi connectivity index (χ1v) is 11.0. The number of hydrogen-bond acceptors (Lipinski definition) is 8. The van der Waals surface area contributed by atoms with Gasteiger partial charge in [-0.05, 0) is 5.92 Å². The Morgan fingerprint density at radius 3 is 2.21 bits per heavy atom. The number of fused-ring (bicyclic) bond motifs is 1. The van der Waals surface area contributed by atoms with Gasteiger partial charge >= 0.3 is 16.4 Å². The zero-order valence-electron chi connectivity index (χ0n) is 17.2. The maximum atomic E-state index is 15.6. The van der Waals surface area contributed by atoms with Crippen LogP contribution in [-0.4, -0.2) is 65.5 Å². The summed E-state index contributed by atoms with van der Waals surface area (Å²) >= 11 is 0. The molecule has 0 aliphatic carbocycles. The Labute approximate surface area is 185 Å². The number of carboxylic acids is 1. The summed E-state index contributed by atoms with van der Waals surface area (Å²) in [6, 6.07) is -0.638. The van der Waals surface area contributed by atoms with Gasteiger partial charge in [0, 0.05) is 25.3 Å². The number of anilines is 2. The molecule has 2 aliphatic heterocycles. The highest BCUT2D eigenvalue weighted by molar-refractivity contribution is 7.79. The number of nitrogen functional groups attached to an aromatic ring is 1. The topological polar surface area (TPSA) is 198 Å². The molecule has 4 rings (SSSR count). The maximum absolute atomic E-state index is 15.6. The van der Waals surface area contributed by atoms with Gasteiger partial charge in [-0.25, -0.2) is 13.6 Å². The van der Waals surface area contributed by atoms with Gasteiger partial charge in [-0.2, -0.15) is 8.42 Å². The number of hydrogen-bond donors (Lipinski definition) is 5. The average Bonchev–Trinajstić information content (AvgIpc) is 2.96. The number of pyridine rings is 1. The molecule has 1 aromatic heterocycles.